The number of carboxylic acid groups (broad SMARTS) is 1. The van der Waals surface area contributed by atoms with Gasteiger partial charge in [-0.1, -0.05) is 0 Å². The molecule has 0 fully saturated rings. The Morgan fingerprint density at radius 2 is 1.63 bits per heavy atom. The van der Waals surface area contributed by atoms with Crippen LogP contribution in [0.2, 0.25) is 0 Å². The number of aliphatic carboxylic acids is 1. The number of hydrogen-bond acceptors (Lipinski definition) is 3. The van der Waals surface area contributed by atoms with E-state index in [4.69, 9.17) is 10.2 Å². The van der Waals surface area contributed by atoms with Crippen LogP contribution < -0.4 is 0 Å². The number of halogens is 6. The minimum Gasteiger partial charge on any atom is -0.479 e. The molecule has 0 amide bonds. The number of aliphatic hydroxyl groups excluding tert-OH is 1. The fourth-order valence-electron chi connectivity index (χ4n) is 1.13. The summed E-state index contributed by atoms with van der Waals surface area (Å²) in [5.74, 6) is -2.01. The molecular formula is C9H5F6NO3. The standard InChI is InChI=1S/C9H5F6NO3/c10-8(11,12)3-1-4(6(17)7(18)19)16-5(2-3)9(13,14)15/h1-2,6,17H,(H,18,19). The van der Waals surface area contributed by atoms with Crippen molar-refractivity contribution < 1.29 is 41.4 Å². The van der Waals surface area contributed by atoms with Crippen molar-refractivity contribution in [2.24, 2.45) is 0 Å². The number of pyridine rings is 1. The quantitative estimate of drug-likeness (QED) is 0.819. The maximum atomic E-state index is 12.4. The first-order valence-corrected chi connectivity index (χ1v) is 4.50. The number of aliphatic hydroxyl groups is 1. The van der Waals surface area contributed by atoms with Crippen molar-refractivity contribution in [3.05, 3.63) is 29.1 Å². The summed E-state index contributed by atoms with van der Waals surface area (Å²) in [5.41, 5.74) is -4.92. The smallest absolute Gasteiger partial charge is 0.433 e. The zero-order valence-electron chi connectivity index (χ0n) is 8.75. The van der Waals surface area contributed by atoms with Crippen LogP contribution >= 0.6 is 0 Å². The van der Waals surface area contributed by atoms with E-state index in [1.54, 1.807) is 0 Å². The molecule has 106 valence electrons. The van der Waals surface area contributed by atoms with Crippen LogP contribution in [0.1, 0.15) is 23.1 Å². The van der Waals surface area contributed by atoms with E-state index >= 15 is 0 Å². The Kier molecular flexibility index (Phi) is 3.75. The van der Waals surface area contributed by atoms with Crippen molar-refractivity contribution >= 4 is 5.97 Å². The topological polar surface area (TPSA) is 70.4 Å². The summed E-state index contributed by atoms with van der Waals surface area (Å²) in [7, 11) is 0. The summed E-state index contributed by atoms with van der Waals surface area (Å²) >= 11 is 0. The number of aromatic nitrogens is 1. The minimum atomic E-state index is -5.20. The molecule has 1 heterocycles. The van der Waals surface area contributed by atoms with Crippen LogP contribution in [-0.4, -0.2) is 21.2 Å². The lowest BCUT2D eigenvalue weighted by Crippen LogP contribution is -2.19. The third kappa shape index (κ3) is 3.56. The average molecular weight is 289 g/mol. The van der Waals surface area contributed by atoms with Gasteiger partial charge in [0.25, 0.3) is 0 Å². The normalized spacial score (nSPS) is 14.3. The van der Waals surface area contributed by atoms with E-state index in [0.717, 1.165) is 0 Å². The van der Waals surface area contributed by atoms with Gasteiger partial charge in [0.15, 0.2) is 6.10 Å². The van der Waals surface area contributed by atoms with E-state index in [2.05, 4.69) is 4.98 Å². The summed E-state index contributed by atoms with van der Waals surface area (Å²) in [5, 5.41) is 17.4. The van der Waals surface area contributed by atoms with Gasteiger partial charge in [-0.3, -0.25) is 0 Å². The van der Waals surface area contributed by atoms with E-state index in [0.29, 0.717) is 0 Å². The van der Waals surface area contributed by atoms with E-state index < -0.39 is 41.4 Å². The molecule has 1 atom stereocenters. The van der Waals surface area contributed by atoms with Crippen LogP contribution in [-0.2, 0) is 17.1 Å². The van der Waals surface area contributed by atoms with Crippen molar-refractivity contribution in [2.75, 3.05) is 0 Å². The molecule has 1 aromatic heterocycles. The molecule has 4 nitrogen and oxygen atoms in total. The molecule has 0 spiro atoms. The molecule has 1 unspecified atom stereocenters. The maximum absolute atomic E-state index is 12.4. The summed E-state index contributed by atoms with van der Waals surface area (Å²) in [4.78, 5) is 13.1. The number of carbonyl (C=O) groups is 1. The Labute approximate surface area is 101 Å². The van der Waals surface area contributed by atoms with E-state index in [9.17, 15) is 31.1 Å². The number of alkyl halides is 6. The van der Waals surface area contributed by atoms with Crippen molar-refractivity contribution in [3.63, 3.8) is 0 Å². The largest absolute Gasteiger partial charge is 0.479 e. The zero-order valence-corrected chi connectivity index (χ0v) is 8.75. The predicted octanol–water partition coefficient (Wildman–Crippen LogP) is 2.24. The van der Waals surface area contributed by atoms with Crippen LogP contribution in [0.25, 0.3) is 0 Å². The van der Waals surface area contributed by atoms with Gasteiger partial charge in [-0.2, -0.15) is 26.3 Å². The molecule has 0 radical (unpaired) electrons. The number of nitrogens with zero attached hydrogens (tertiary/aromatic N) is 1. The third-order valence-corrected chi connectivity index (χ3v) is 1.98. The summed E-state index contributed by atoms with van der Waals surface area (Å²) in [6.45, 7) is 0. The lowest BCUT2D eigenvalue weighted by Gasteiger charge is -2.14. The van der Waals surface area contributed by atoms with Crippen LogP contribution in [0.5, 0.6) is 0 Å². The second-order valence-electron chi connectivity index (χ2n) is 3.40. The molecule has 0 aliphatic heterocycles. The van der Waals surface area contributed by atoms with Crippen molar-refractivity contribution in [3.8, 4) is 0 Å². The first-order chi connectivity index (χ1) is 8.43. The highest BCUT2D eigenvalue weighted by Crippen LogP contribution is 2.35. The Bertz CT molecular complexity index is 463. The number of carboxylic acids is 1. The number of rotatable bonds is 2. The molecule has 0 saturated heterocycles. The fourth-order valence-corrected chi connectivity index (χ4v) is 1.13. The lowest BCUT2D eigenvalue weighted by atomic mass is 10.1. The lowest BCUT2D eigenvalue weighted by molar-refractivity contribution is -0.150. The van der Waals surface area contributed by atoms with E-state index in [-0.39, 0.29) is 12.1 Å². The molecule has 0 bridgehead atoms. The Hall–Kier alpha value is -1.84. The third-order valence-electron chi connectivity index (χ3n) is 1.98. The van der Waals surface area contributed by atoms with Gasteiger partial charge < -0.3 is 10.2 Å². The molecule has 0 aliphatic rings. The second kappa shape index (κ2) is 4.68. The first-order valence-electron chi connectivity index (χ1n) is 4.50. The Balaban J connectivity index is 3.45. The van der Waals surface area contributed by atoms with Gasteiger partial charge in [0.2, 0.25) is 0 Å². The molecule has 2 N–H and O–H groups in total. The minimum absolute atomic E-state index is 0.0496. The monoisotopic (exact) mass is 289 g/mol. The summed E-state index contributed by atoms with van der Waals surface area (Å²) in [6, 6.07) is -0.216. The van der Waals surface area contributed by atoms with Gasteiger partial charge in [0.05, 0.1) is 11.3 Å². The van der Waals surface area contributed by atoms with Crippen molar-refractivity contribution in [1.82, 2.24) is 4.98 Å². The van der Waals surface area contributed by atoms with E-state index in [1.807, 2.05) is 0 Å². The van der Waals surface area contributed by atoms with Gasteiger partial charge in [-0.15, -0.1) is 0 Å². The van der Waals surface area contributed by atoms with Crippen LogP contribution in [0.3, 0.4) is 0 Å². The van der Waals surface area contributed by atoms with Gasteiger partial charge in [0, 0.05) is 0 Å². The Morgan fingerprint density at radius 3 is 2.00 bits per heavy atom. The summed E-state index contributed by atoms with van der Waals surface area (Å²) < 4.78 is 74.2. The van der Waals surface area contributed by atoms with Gasteiger partial charge in [0.1, 0.15) is 5.69 Å². The van der Waals surface area contributed by atoms with Crippen molar-refractivity contribution in [1.29, 1.82) is 0 Å². The molecule has 10 heteroatoms. The van der Waals surface area contributed by atoms with Crippen LogP contribution in [0, 0.1) is 0 Å². The molecule has 0 aromatic carbocycles. The van der Waals surface area contributed by atoms with Gasteiger partial charge in [-0.25, -0.2) is 9.78 Å². The Morgan fingerprint density at radius 1 is 1.11 bits per heavy atom. The zero-order chi connectivity index (χ0) is 15.0. The molecular weight excluding hydrogens is 284 g/mol. The number of hydrogen-bond donors (Lipinski definition) is 2. The second-order valence-corrected chi connectivity index (χ2v) is 3.40. The highest BCUT2D eigenvalue weighted by molar-refractivity contribution is 5.73. The van der Waals surface area contributed by atoms with Crippen molar-refractivity contribution in [2.45, 2.75) is 18.5 Å². The summed E-state index contributed by atoms with van der Waals surface area (Å²) in [6.07, 6.45) is -12.9. The average Bonchev–Trinajstić information content (AvgIpc) is 2.24. The maximum Gasteiger partial charge on any atom is 0.433 e. The van der Waals surface area contributed by atoms with Gasteiger partial charge in [-0.05, 0) is 12.1 Å². The first kappa shape index (κ1) is 15.2. The van der Waals surface area contributed by atoms with Crippen LogP contribution in [0.4, 0.5) is 26.3 Å². The molecule has 0 saturated carbocycles. The SMILES string of the molecule is O=C(O)C(O)c1cc(C(F)(F)F)cc(C(F)(F)F)n1. The molecule has 0 aliphatic carbocycles. The van der Waals surface area contributed by atoms with Gasteiger partial charge >= 0.3 is 18.3 Å². The molecule has 1 rings (SSSR count). The highest BCUT2D eigenvalue weighted by Gasteiger charge is 2.39. The fraction of sp³-hybridized carbons (Fsp3) is 0.333. The highest BCUT2D eigenvalue weighted by atomic mass is 19.4. The van der Waals surface area contributed by atoms with Crippen LogP contribution in [0.15, 0.2) is 12.1 Å². The predicted molar refractivity (Wildman–Crippen MR) is 46.8 cm³/mol. The molecule has 1 aromatic rings. The van der Waals surface area contributed by atoms with E-state index in [1.165, 1.54) is 0 Å². The molecule has 19 heavy (non-hydrogen) atoms.